The van der Waals surface area contributed by atoms with E-state index >= 15 is 0 Å². The van der Waals surface area contributed by atoms with Crippen LogP contribution in [0.15, 0.2) is 34.6 Å². The molecule has 1 saturated heterocycles. The van der Waals surface area contributed by atoms with Gasteiger partial charge in [-0.25, -0.2) is 24.4 Å². The van der Waals surface area contributed by atoms with Crippen molar-refractivity contribution in [2.24, 2.45) is 11.5 Å². The number of fused-ring (bicyclic) bond motifs is 1. The smallest absolute Gasteiger partial charge is 0.404 e. The van der Waals surface area contributed by atoms with E-state index < -0.39 is 47.4 Å². The van der Waals surface area contributed by atoms with Crippen LogP contribution in [0.1, 0.15) is 74.0 Å². The molecule has 2 fully saturated rings. The van der Waals surface area contributed by atoms with E-state index in [1.807, 2.05) is 5.38 Å². The topological polar surface area (TPSA) is 211 Å². The van der Waals surface area contributed by atoms with Gasteiger partial charge in [0, 0.05) is 42.1 Å². The summed E-state index contributed by atoms with van der Waals surface area (Å²) in [5.41, 5.74) is 10.5. The Balaban J connectivity index is 1.50. The largest absolute Gasteiger partial charge is 0.457 e. The van der Waals surface area contributed by atoms with E-state index in [9.17, 15) is 24.0 Å². The molecule has 5 N–H and O–H groups in total. The third kappa shape index (κ3) is 7.62. The molecule has 2 unspecified atom stereocenters. The molecule has 244 valence electrons. The third-order valence-electron chi connectivity index (χ3n) is 7.50. The number of amides is 3. The standard InChI is InChI=1S/C30H35N7O8S/c1-30(2,3)45-23(38)8-7-18-24(36-11-10-20(43-27(31)41)21(14-36)44-28(32)42)34-22-13-17(9-12-37(22)26(18)40)25(39)35-29-33-19(15-46-29)16-5-4-6-16/h7-9,12-13,15-16,20-21H,4-6,10-11,14H2,1-3H3,(H2,31,41)(H2,32,42)(H,33,35,39)/b8-7+. The summed E-state index contributed by atoms with van der Waals surface area (Å²) in [4.78, 5) is 73.5. The Labute approximate surface area is 267 Å². The summed E-state index contributed by atoms with van der Waals surface area (Å²) in [5.74, 6) is -0.554. The number of anilines is 2. The number of hydrogen-bond acceptors (Lipinski definition) is 12. The lowest BCUT2D eigenvalue weighted by molar-refractivity contribution is -0.148. The minimum Gasteiger partial charge on any atom is -0.457 e. The van der Waals surface area contributed by atoms with Crippen LogP contribution in [-0.2, 0) is 19.0 Å². The number of carbonyl (C=O) groups is 4. The maximum absolute atomic E-state index is 13.8. The number of nitrogens with zero attached hydrogens (tertiary/aromatic N) is 4. The van der Waals surface area contributed by atoms with Crippen LogP contribution in [0.4, 0.5) is 20.5 Å². The van der Waals surface area contributed by atoms with Crippen molar-refractivity contribution in [3.63, 3.8) is 0 Å². The van der Waals surface area contributed by atoms with Gasteiger partial charge < -0.3 is 30.6 Å². The number of rotatable bonds is 8. The van der Waals surface area contributed by atoms with E-state index in [2.05, 4.69) is 10.3 Å². The predicted octanol–water partition coefficient (Wildman–Crippen LogP) is 3.16. The maximum Gasteiger partial charge on any atom is 0.404 e. The number of esters is 1. The van der Waals surface area contributed by atoms with Crippen LogP contribution in [0.5, 0.6) is 0 Å². The van der Waals surface area contributed by atoms with Gasteiger partial charge in [0.25, 0.3) is 11.5 Å². The second kappa shape index (κ2) is 13.2. The first-order chi connectivity index (χ1) is 21.8. The lowest BCUT2D eigenvalue weighted by Gasteiger charge is -2.37. The van der Waals surface area contributed by atoms with Gasteiger partial charge in [0.2, 0.25) is 0 Å². The second-order valence-corrected chi connectivity index (χ2v) is 12.9. The van der Waals surface area contributed by atoms with Crippen LogP contribution in [-0.4, -0.2) is 69.3 Å². The molecule has 3 aromatic heterocycles. The van der Waals surface area contributed by atoms with E-state index in [1.165, 1.54) is 46.6 Å². The van der Waals surface area contributed by atoms with Crippen molar-refractivity contribution in [3.05, 3.63) is 57.0 Å². The lowest BCUT2D eigenvalue weighted by atomic mass is 9.83. The minimum absolute atomic E-state index is 0.0268. The number of carbonyl (C=O) groups excluding carboxylic acids is 4. The molecule has 0 radical (unpaired) electrons. The summed E-state index contributed by atoms with van der Waals surface area (Å²) >= 11 is 1.35. The molecule has 4 heterocycles. The highest BCUT2D eigenvalue weighted by atomic mass is 32.1. The SMILES string of the molecule is CC(C)(C)OC(=O)/C=C/c1c(N2CCC(OC(N)=O)C(OC(N)=O)C2)nc2cc(C(=O)Nc3nc(C4CCC4)cs3)ccn2c1=O. The van der Waals surface area contributed by atoms with Crippen LogP contribution in [0.3, 0.4) is 0 Å². The van der Waals surface area contributed by atoms with Gasteiger partial charge in [-0.1, -0.05) is 6.42 Å². The van der Waals surface area contributed by atoms with Crippen LogP contribution in [0.2, 0.25) is 0 Å². The van der Waals surface area contributed by atoms with Gasteiger partial charge in [0.15, 0.2) is 11.2 Å². The lowest BCUT2D eigenvalue weighted by Crippen LogP contribution is -2.52. The fraction of sp³-hybridized carbons (Fsp3) is 0.433. The number of nitrogens with two attached hydrogens (primary N) is 2. The molecule has 15 nitrogen and oxygen atoms in total. The van der Waals surface area contributed by atoms with E-state index in [-0.39, 0.29) is 42.1 Å². The van der Waals surface area contributed by atoms with Gasteiger partial charge in [-0.15, -0.1) is 11.3 Å². The minimum atomic E-state index is -1.10. The van der Waals surface area contributed by atoms with E-state index in [1.54, 1.807) is 25.7 Å². The average molecular weight is 654 g/mol. The molecule has 1 aliphatic carbocycles. The molecule has 1 saturated carbocycles. The molecule has 0 aromatic carbocycles. The molecule has 0 bridgehead atoms. The zero-order chi connectivity index (χ0) is 33.2. The normalized spacial score (nSPS) is 18.6. The molecule has 16 heteroatoms. The van der Waals surface area contributed by atoms with Crippen molar-refractivity contribution >= 4 is 58.1 Å². The highest BCUT2D eigenvalue weighted by molar-refractivity contribution is 7.14. The van der Waals surface area contributed by atoms with Crippen LogP contribution in [0, 0.1) is 0 Å². The molecule has 2 atom stereocenters. The van der Waals surface area contributed by atoms with Crippen molar-refractivity contribution in [1.82, 2.24) is 14.4 Å². The zero-order valence-electron chi connectivity index (χ0n) is 25.6. The maximum atomic E-state index is 13.8. The number of thiazole rings is 1. The van der Waals surface area contributed by atoms with Gasteiger partial charge in [-0.05, 0) is 51.8 Å². The molecule has 3 amide bonds. The summed E-state index contributed by atoms with van der Waals surface area (Å²) in [7, 11) is 0. The van der Waals surface area contributed by atoms with Gasteiger partial charge in [0.1, 0.15) is 23.2 Å². The van der Waals surface area contributed by atoms with Crippen molar-refractivity contribution in [3.8, 4) is 0 Å². The Morgan fingerprint density at radius 2 is 1.78 bits per heavy atom. The first kappa shape index (κ1) is 32.4. The highest BCUT2D eigenvalue weighted by Crippen LogP contribution is 2.37. The summed E-state index contributed by atoms with van der Waals surface area (Å²) in [5, 5.41) is 5.24. The zero-order valence-corrected chi connectivity index (χ0v) is 26.4. The van der Waals surface area contributed by atoms with Gasteiger partial charge in [-0.3, -0.25) is 19.3 Å². The van der Waals surface area contributed by atoms with Crippen molar-refractivity contribution in [2.75, 3.05) is 23.3 Å². The summed E-state index contributed by atoms with van der Waals surface area (Å²) < 4.78 is 16.9. The first-order valence-electron chi connectivity index (χ1n) is 14.7. The molecule has 5 rings (SSSR count). The summed E-state index contributed by atoms with van der Waals surface area (Å²) in [6.07, 6.45) is 3.24. The third-order valence-corrected chi connectivity index (χ3v) is 8.28. The Morgan fingerprint density at radius 3 is 2.43 bits per heavy atom. The summed E-state index contributed by atoms with van der Waals surface area (Å²) in [6.45, 7) is 5.25. The number of pyridine rings is 1. The van der Waals surface area contributed by atoms with Gasteiger partial charge in [-0.2, -0.15) is 0 Å². The molecule has 46 heavy (non-hydrogen) atoms. The molecule has 2 aliphatic rings. The molecule has 0 spiro atoms. The fourth-order valence-electron chi connectivity index (χ4n) is 5.19. The average Bonchev–Trinajstić information content (AvgIpc) is 3.38. The van der Waals surface area contributed by atoms with Gasteiger partial charge >= 0.3 is 18.2 Å². The number of hydrogen-bond donors (Lipinski definition) is 3. The van der Waals surface area contributed by atoms with E-state index in [0.717, 1.165) is 24.6 Å². The number of nitrogens with one attached hydrogen (secondary N) is 1. The highest BCUT2D eigenvalue weighted by Gasteiger charge is 2.36. The number of primary amides is 2. The van der Waals surface area contributed by atoms with Crippen molar-refractivity contribution < 1.29 is 33.4 Å². The predicted molar refractivity (Wildman–Crippen MR) is 169 cm³/mol. The second-order valence-electron chi connectivity index (χ2n) is 12.0. The van der Waals surface area contributed by atoms with E-state index in [4.69, 9.17) is 30.7 Å². The Bertz CT molecular complexity index is 1760. The van der Waals surface area contributed by atoms with Crippen LogP contribution in [0.25, 0.3) is 11.7 Å². The quantitative estimate of drug-likeness (QED) is 0.183. The van der Waals surface area contributed by atoms with Crippen molar-refractivity contribution in [2.45, 2.75) is 70.2 Å². The number of piperidine rings is 1. The fourth-order valence-corrected chi connectivity index (χ4v) is 5.98. The van der Waals surface area contributed by atoms with Crippen molar-refractivity contribution in [1.29, 1.82) is 0 Å². The molecule has 3 aromatic rings. The van der Waals surface area contributed by atoms with Gasteiger partial charge in [0.05, 0.1) is 17.8 Å². The Kier molecular flexibility index (Phi) is 9.27. The number of ether oxygens (including phenoxy) is 3. The van der Waals surface area contributed by atoms with Crippen LogP contribution >= 0.6 is 11.3 Å². The molecular formula is C30H35N7O8S. The first-order valence-corrected chi connectivity index (χ1v) is 15.6. The monoisotopic (exact) mass is 653 g/mol. The van der Waals surface area contributed by atoms with Crippen LogP contribution < -0.4 is 27.2 Å². The number of aromatic nitrogens is 3. The Hall–Kier alpha value is -4.99. The summed E-state index contributed by atoms with van der Waals surface area (Å²) in [6, 6.07) is 2.94. The molecular weight excluding hydrogens is 618 g/mol. The molecule has 1 aliphatic heterocycles. The Morgan fingerprint density at radius 1 is 1.07 bits per heavy atom. The van der Waals surface area contributed by atoms with E-state index in [0.29, 0.717) is 11.0 Å².